The summed E-state index contributed by atoms with van der Waals surface area (Å²) < 4.78 is 6.26. The van der Waals surface area contributed by atoms with Crippen LogP contribution in [0.5, 0.6) is 11.5 Å². The van der Waals surface area contributed by atoms with Crippen molar-refractivity contribution < 1.29 is 9.84 Å². The molecule has 0 fully saturated rings. The van der Waals surface area contributed by atoms with Gasteiger partial charge in [-0.25, -0.2) is 5.01 Å². The zero-order valence-corrected chi connectivity index (χ0v) is 14.9. The Balaban J connectivity index is 1.62. The molecule has 27 heavy (non-hydrogen) atoms. The molecule has 2 atom stereocenters. The van der Waals surface area contributed by atoms with E-state index in [4.69, 9.17) is 9.84 Å². The molecule has 1 aromatic heterocycles. The Labute approximate surface area is 157 Å². The highest BCUT2D eigenvalue weighted by atomic mass is 16.5. The number of para-hydroxylation sites is 1. The second-order valence-electron chi connectivity index (χ2n) is 6.93. The predicted molar refractivity (Wildman–Crippen MR) is 103 cm³/mol. The Hall–Kier alpha value is -3.34. The fourth-order valence-corrected chi connectivity index (χ4v) is 3.80. The molecule has 0 saturated carbocycles. The van der Waals surface area contributed by atoms with Gasteiger partial charge in [-0.1, -0.05) is 35.9 Å². The van der Waals surface area contributed by atoms with E-state index >= 15 is 0 Å². The normalized spacial score (nSPS) is 20.5. The maximum Gasteiger partial charge on any atom is 0.230 e. The molecule has 0 saturated heterocycles. The number of aromatic nitrogens is 1. The summed E-state index contributed by atoms with van der Waals surface area (Å²) in [6, 6.07) is 19.5. The average Bonchev–Trinajstić information content (AvgIpc) is 3.15. The number of nitrogens with zero attached hydrogens (tertiary/aromatic N) is 3. The third-order valence-electron chi connectivity index (χ3n) is 5.10. The maximum atomic E-state index is 10.4. The van der Waals surface area contributed by atoms with Crippen molar-refractivity contribution in [3.05, 3.63) is 89.2 Å². The molecular weight excluding hydrogens is 338 g/mol. The van der Waals surface area contributed by atoms with Crippen molar-refractivity contribution in [2.45, 2.75) is 25.6 Å². The van der Waals surface area contributed by atoms with Gasteiger partial charge in [-0.2, -0.15) is 5.10 Å². The number of aromatic hydroxyl groups is 1. The van der Waals surface area contributed by atoms with E-state index in [2.05, 4.69) is 11.1 Å². The van der Waals surface area contributed by atoms with Crippen molar-refractivity contribution in [2.75, 3.05) is 0 Å². The molecule has 0 spiro atoms. The van der Waals surface area contributed by atoms with Crippen molar-refractivity contribution in [3.8, 4) is 11.5 Å². The lowest BCUT2D eigenvalue weighted by Gasteiger charge is -2.37. The predicted octanol–water partition coefficient (Wildman–Crippen LogP) is 4.34. The number of hydrogen-bond donors (Lipinski definition) is 1. The van der Waals surface area contributed by atoms with Crippen LogP contribution in [0.2, 0.25) is 0 Å². The van der Waals surface area contributed by atoms with Crippen LogP contribution in [0.3, 0.4) is 0 Å². The lowest BCUT2D eigenvalue weighted by atomic mass is 9.95. The summed E-state index contributed by atoms with van der Waals surface area (Å²) in [6.45, 7) is 2.01. The monoisotopic (exact) mass is 357 g/mol. The van der Waals surface area contributed by atoms with Gasteiger partial charge >= 0.3 is 0 Å². The first-order valence-electron chi connectivity index (χ1n) is 9.03. The lowest BCUT2D eigenvalue weighted by Crippen LogP contribution is -2.34. The number of ether oxygens (including phenoxy) is 1. The molecule has 0 radical (unpaired) electrons. The molecular formula is C22H19N3O2. The number of aryl methyl sites for hydroxylation is 1. The van der Waals surface area contributed by atoms with Gasteiger partial charge in [-0.05, 0) is 37.3 Å². The van der Waals surface area contributed by atoms with Gasteiger partial charge in [0.25, 0.3) is 0 Å². The number of rotatable bonds is 2. The van der Waals surface area contributed by atoms with Gasteiger partial charge in [0.2, 0.25) is 6.23 Å². The second kappa shape index (κ2) is 6.13. The Bertz CT molecular complexity index is 1030. The summed E-state index contributed by atoms with van der Waals surface area (Å²) in [5.74, 6) is 1.11. The highest BCUT2D eigenvalue weighted by molar-refractivity contribution is 6.04. The number of benzene rings is 2. The van der Waals surface area contributed by atoms with E-state index in [1.54, 1.807) is 12.3 Å². The standard InChI is InChI=1S/C22H19N3O2/c1-14-9-10-20(26)16(12-14)18-13-19-15-6-2-3-8-21(15)27-22(25(19)24-18)17-7-4-5-11-23-17/h2-12,19,22,26H,13H2,1H3/t19-,22-/m1/s1. The molecule has 2 aromatic carbocycles. The molecule has 1 N–H and O–H groups in total. The molecule has 0 unspecified atom stereocenters. The molecule has 0 bridgehead atoms. The smallest absolute Gasteiger partial charge is 0.230 e. The van der Waals surface area contributed by atoms with Crippen LogP contribution in [0.25, 0.3) is 0 Å². The first-order chi connectivity index (χ1) is 13.2. The van der Waals surface area contributed by atoms with Crippen LogP contribution in [0.1, 0.15) is 41.1 Å². The molecule has 3 aromatic rings. The molecule has 5 rings (SSSR count). The van der Waals surface area contributed by atoms with Crippen molar-refractivity contribution in [2.24, 2.45) is 5.10 Å². The van der Waals surface area contributed by atoms with Gasteiger partial charge in [0.15, 0.2) is 0 Å². The number of hydrogen-bond acceptors (Lipinski definition) is 5. The van der Waals surface area contributed by atoms with E-state index in [0.717, 1.165) is 33.8 Å². The SMILES string of the molecule is Cc1ccc(O)c(C2=NN3[C@H](C2)c2ccccc2O[C@@H]3c2ccccn2)c1. The molecule has 5 heteroatoms. The summed E-state index contributed by atoms with van der Waals surface area (Å²) in [5.41, 5.74) is 4.66. The quantitative estimate of drug-likeness (QED) is 0.741. The molecule has 0 aliphatic carbocycles. The van der Waals surface area contributed by atoms with E-state index in [-0.39, 0.29) is 11.8 Å². The minimum Gasteiger partial charge on any atom is -0.507 e. The molecule has 2 aliphatic rings. The van der Waals surface area contributed by atoms with Gasteiger partial charge in [-0.15, -0.1) is 0 Å². The maximum absolute atomic E-state index is 10.4. The Morgan fingerprint density at radius 1 is 1.07 bits per heavy atom. The van der Waals surface area contributed by atoms with Crippen LogP contribution >= 0.6 is 0 Å². The van der Waals surface area contributed by atoms with Gasteiger partial charge in [0.05, 0.1) is 11.8 Å². The average molecular weight is 357 g/mol. The third kappa shape index (κ3) is 2.63. The van der Waals surface area contributed by atoms with Gasteiger partial charge in [0.1, 0.15) is 17.2 Å². The first kappa shape index (κ1) is 15.9. The first-order valence-corrected chi connectivity index (χ1v) is 9.03. The molecule has 3 heterocycles. The number of phenolic OH excluding ortho intramolecular Hbond substituents is 1. The molecule has 2 aliphatic heterocycles. The van der Waals surface area contributed by atoms with Crippen LogP contribution in [0, 0.1) is 6.92 Å². The molecule has 5 nitrogen and oxygen atoms in total. The van der Waals surface area contributed by atoms with Crippen molar-refractivity contribution in [1.82, 2.24) is 9.99 Å². The van der Waals surface area contributed by atoms with E-state index in [9.17, 15) is 5.11 Å². The Morgan fingerprint density at radius 2 is 1.93 bits per heavy atom. The van der Waals surface area contributed by atoms with Crippen LogP contribution in [0.4, 0.5) is 0 Å². The van der Waals surface area contributed by atoms with Crippen molar-refractivity contribution in [1.29, 1.82) is 0 Å². The van der Waals surface area contributed by atoms with E-state index < -0.39 is 6.23 Å². The van der Waals surface area contributed by atoms with Gasteiger partial charge in [-0.3, -0.25) is 4.98 Å². The molecule has 134 valence electrons. The second-order valence-corrected chi connectivity index (χ2v) is 6.93. The summed E-state index contributed by atoms with van der Waals surface area (Å²) >= 11 is 0. The third-order valence-corrected chi connectivity index (χ3v) is 5.10. The summed E-state index contributed by atoms with van der Waals surface area (Å²) in [4.78, 5) is 4.48. The number of fused-ring (bicyclic) bond motifs is 3. The van der Waals surface area contributed by atoms with Crippen LogP contribution in [0.15, 0.2) is 72.0 Å². The van der Waals surface area contributed by atoms with Gasteiger partial charge in [0, 0.05) is 23.7 Å². The van der Waals surface area contributed by atoms with Crippen molar-refractivity contribution in [3.63, 3.8) is 0 Å². The summed E-state index contributed by atoms with van der Waals surface area (Å²) in [7, 11) is 0. The van der Waals surface area contributed by atoms with E-state index in [0.29, 0.717) is 6.42 Å². The van der Waals surface area contributed by atoms with E-state index in [1.807, 2.05) is 60.5 Å². The van der Waals surface area contributed by atoms with Crippen LogP contribution in [-0.2, 0) is 0 Å². The van der Waals surface area contributed by atoms with Crippen molar-refractivity contribution >= 4 is 5.71 Å². The minimum atomic E-state index is -0.393. The van der Waals surface area contributed by atoms with E-state index in [1.165, 1.54) is 0 Å². The number of pyridine rings is 1. The largest absolute Gasteiger partial charge is 0.507 e. The van der Waals surface area contributed by atoms with Gasteiger partial charge < -0.3 is 9.84 Å². The fourth-order valence-electron chi connectivity index (χ4n) is 3.80. The Morgan fingerprint density at radius 3 is 2.78 bits per heavy atom. The lowest BCUT2D eigenvalue weighted by molar-refractivity contribution is -0.0218. The zero-order chi connectivity index (χ0) is 18.4. The number of hydrazone groups is 1. The highest BCUT2D eigenvalue weighted by Crippen LogP contribution is 2.47. The topological polar surface area (TPSA) is 58.0 Å². The number of phenols is 1. The molecule has 0 amide bonds. The minimum absolute atomic E-state index is 0.0527. The summed E-state index contributed by atoms with van der Waals surface area (Å²) in [5, 5.41) is 17.2. The zero-order valence-electron chi connectivity index (χ0n) is 14.9. The summed E-state index contributed by atoms with van der Waals surface area (Å²) in [6.07, 6.45) is 2.08. The highest BCUT2D eigenvalue weighted by Gasteiger charge is 2.41. The Kier molecular flexibility index (Phi) is 3.60. The van der Waals surface area contributed by atoms with Crippen LogP contribution in [-0.4, -0.2) is 20.8 Å². The fraction of sp³-hybridized carbons (Fsp3) is 0.182. The van der Waals surface area contributed by atoms with Crippen LogP contribution < -0.4 is 4.74 Å².